The first kappa shape index (κ1) is 11.7. The lowest BCUT2D eigenvalue weighted by Crippen LogP contribution is -2.50. The van der Waals surface area contributed by atoms with E-state index in [4.69, 9.17) is 4.74 Å². The highest BCUT2D eigenvalue weighted by Crippen LogP contribution is 2.36. The summed E-state index contributed by atoms with van der Waals surface area (Å²) in [5.74, 6) is 0.137. The maximum absolute atomic E-state index is 11.9. The first-order valence-corrected chi connectivity index (χ1v) is 6.80. The van der Waals surface area contributed by atoms with Crippen molar-refractivity contribution in [2.75, 3.05) is 13.2 Å². The average molecular weight is 245 g/mol. The smallest absolute Gasteiger partial charge is 0.248 e. The topological polar surface area (TPSA) is 29.5 Å². The molecule has 0 N–H and O–H groups in total. The predicted molar refractivity (Wildman–Crippen MR) is 69.2 cm³/mol. The number of ether oxygens (including phenoxy) is 1. The van der Waals surface area contributed by atoms with Crippen molar-refractivity contribution in [1.29, 1.82) is 0 Å². The van der Waals surface area contributed by atoms with Crippen LogP contribution in [0, 0.1) is 0 Å². The van der Waals surface area contributed by atoms with Crippen LogP contribution in [0.1, 0.15) is 37.0 Å². The highest BCUT2D eigenvalue weighted by molar-refractivity contribution is 5.78. The molecule has 0 unspecified atom stereocenters. The third-order valence-electron chi connectivity index (χ3n) is 4.10. The van der Waals surface area contributed by atoms with Gasteiger partial charge in [0.05, 0.1) is 6.04 Å². The Kier molecular flexibility index (Phi) is 3.08. The van der Waals surface area contributed by atoms with E-state index in [-0.39, 0.29) is 24.7 Å². The molecule has 18 heavy (non-hydrogen) atoms. The summed E-state index contributed by atoms with van der Waals surface area (Å²) in [6, 6.07) is 8.72. The molecule has 0 aromatic heterocycles. The average Bonchev–Trinajstić information content (AvgIpc) is 2.58. The van der Waals surface area contributed by atoms with Gasteiger partial charge in [0, 0.05) is 6.54 Å². The summed E-state index contributed by atoms with van der Waals surface area (Å²) in [6.07, 6.45) is 3.34. The maximum Gasteiger partial charge on any atom is 0.248 e. The Morgan fingerprint density at radius 1 is 1.39 bits per heavy atom. The largest absolute Gasteiger partial charge is 0.362 e. The van der Waals surface area contributed by atoms with Gasteiger partial charge in [-0.25, -0.2) is 0 Å². The summed E-state index contributed by atoms with van der Waals surface area (Å²) in [4.78, 5) is 13.9. The number of aryl methyl sites for hydroxylation is 1. The van der Waals surface area contributed by atoms with Crippen LogP contribution in [0.5, 0.6) is 0 Å². The number of hydrogen-bond acceptors (Lipinski definition) is 2. The molecule has 3 rings (SSSR count). The van der Waals surface area contributed by atoms with Gasteiger partial charge in [0.15, 0.2) is 0 Å². The first-order valence-electron chi connectivity index (χ1n) is 6.80. The minimum Gasteiger partial charge on any atom is -0.362 e. The minimum absolute atomic E-state index is 0.0707. The SMILES string of the molecule is CCN1C(=O)CO[C@@H]2c3ccccc3CCC[C@H]21. The molecule has 3 heteroatoms. The number of amides is 1. The molecule has 1 saturated heterocycles. The number of carbonyl (C=O) groups excluding carboxylic acids is 1. The van der Waals surface area contributed by atoms with Gasteiger partial charge in [0.1, 0.15) is 12.7 Å². The molecule has 3 nitrogen and oxygen atoms in total. The van der Waals surface area contributed by atoms with E-state index < -0.39 is 0 Å². The Morgan fingerprint density at radius 3 is 3.06 bits per heavy atom. The van der Waals surface area contributed by atoms with Crippen molar-refractivity contribution in [1.82, 2.24) is 4.90 Å². The fourth-order valence-electron chi connectivity index (χ4n) is 3.26. The second-order valence-electron chi connectivity index (χ2n) is 5.07. The molecule has 2 aliphatic rings. The quantitative estimate of drug-likeness (QED) is 0.760. The molecule has 1 heterocycles. The van der Waals surface area contributed by atoms with Gasteiger partial charge in [0.2, 0.25) is 5.91 Å². The number of morpholine rings is 1. The van der Waals surface area contributed by atoms with Crippen molar-refractivity contribution in [3.63, 3.8) is 0 Å². The standard InChI is InChI=1S/C15H19NO2/c1-2-16-13-9-5-7-11-6-3-4-8-12(11)15(13)18-10-14(16)17/h3-4,6,8,13,15H,2,5,7,9-10H2,1H3/t13-,15-/m1/s1. The van der Waals surface area contributed by atoms with Gasteiger partial charge in [-0.2, -0.15) is 0 Å². The molecular formula is C15H19NO2. The van der Waals surface area contributed by atoms with E-state index in [1.54, 1.807) is 0 Å². The molecule has 1 fully saturated rings. The molecule has 1 aliphatic heterocycles. The first-order chi connectivity index (χ1) is 8.81. The van der Waals surface area contributed by atoms with E-state index in [2.05, 4.69) is 31.2 Å². The highest BCUT2D eigenvalue weighted by Gasteiger charge is 2.38. The zero-order chi connectivity index (χ0) is 12.5. The number of nitrogens with zero attached hydrogens (tertiary/aromatic N) is 1. The van der Waals surface area contributed by atoms with E-state index in [0.717, 1.165) is 25.8 Å². The van der Waals surface area contributed by atoms with Gasteiger partial charge < -0.3 is 9.64 Å². The molecule has 0 saturated carbocycles. The third kappa shape index (κ3) is 1.83. The molecule has 1 amide bonds. The highest BCUT2D eigenvalue weighted by atomic mass is 16.5. The summed E-state index contributed by atoms with van der Waals surface area (Å²) < 4.78 is 5.84. The molecule has 96 valence electrons. The molecule has 2 atom stereocenters. The fourth-order valence-corrected chi connectivity index (χ4v) is 3.26. The number of hydrogen-bond donors (Lipinski definition) is 0. The van der Waals surface area contributed by atoms with Crippen molar-refractivity contribution in [3.05, 3.63) is 35.4 Å². The zero-order valence-electron chi connectivity index (χ0n) is 10.8. The lowest BCUT2D eigenvalue weighted by atomic mass is 9.96. The Hall–Kier alpha value is -1.35. The number of carbonyl (C=O) groups is 1. The van der Waals surface area contributed by atoms with Crippen molar-refractivity contribution in [2.24, 2.45) is 0 Å². The van der Waals surface area contributed by atoms with Gasteiger partial charge in [0.25, 0.3) is 0 Å². The van der Waals surface area contributed by atoms with E-state index in [1.165, 1.54) is 11.1 Å². The van der Waals surface area contributed by atoms with E-state index in [1.807, 2.05) is 4.90 Å². The number of fused-ring (bicyclic) bond motifs is 3. The molecular weight excluding hydrogens is 226 g/mol. The summed E-state index contributed by atoms with van der Waals surface area (Å²) >= 11 is 0. The van der Waals surface area contributed by atoms with E-state index >= 15 is 0 Å². The lowest BCUT2D eigenvalue weighted by Gasteiger charge is -2.40. The molecule has 1 aromatic carbocycles. The minimum atomic E-state index is 0.0707. The van der Waals surface area contributed by atoms with Crippen LogP contribution < -0.4 is 0 Å². The number of benzene rings is 1. The van der Waals surface area contributed by atoms with Crippen molar-refractivity contribution >= 4 is 5.91 Å². The van der Waals surface area contributed by atoms with E-state index in [0.29, 0.717) is 0 Å². The summed E-state index contributed by atoms with van der Waals surface area (Å²) in [5, 5.41) is 0. The normalized spacial score (nSPS) is 27.4. The Balaban J connectivity index is 1.99. The van der Waals surface area contributed by atoms with Crippen molar-refractivity contribution < 1.29 is 9.53 Å². The molecule has 0 bridgehead atoms. The molecule has 1 aromatic rings. The van der Waals surface area contributed by atoms with Crippen LogP contribution in [0.4, 0.5) is 0 Å². The predicted octanol–water partition coefficient (Wildman–Crippen LogP) is 2.31. The molecule has 0 radical (unpaired) electrons. The Labute approximate surface area is 108 Å². The van der Waals surface area contributed by atoms with Crippen molar-refractivity contribution in [2.45, 2.75) is 38.3 Å². The number of likely N-dealkylation sites (N-methyl/N-ethyl adjacent to an activating group) is 1. The van der Waals surface area contributed by atoms with Crippen LogP contribution in [-0.4, -0.2) is 30.0 Å². The number of rotatable bonds is 1. The third-order valence-corrected chi connectivity index (χ3v) is 4.10. The van der Waals surface area contributed by atoms with Crippen molar-refractivity contribution in [3.8, 4) is 0 Å². The maximum atomic E-state index is 11.9. The van der Waals surface area contributed by atoms with Gasteiger partial charge in [-0.3, -0.25) is 4.79 Å². The van der Waals surface area contributed by atoms with Gasteiger partial charge in [-0.1, -0.05) is 24.3 Å². The lowest BCUT2D eigenvalue weighted by molar-refractivity contribution is -0.157. The monoisotopic (exact) mass is 245 g/mol. The van der Waals surface area contributed by atoms with Crippen LogP contribution in [0.15, 0.2) is 24.3 Å². The van der Waals surface area contributed by atoms with Crippen LogP contribution in [0.25, 0.3) is 0 Å². The second kappa shape index (κ2) is 4.73. The summed E-state index contributed by atoms with van der Waals surface area (Å²) in [5.41, 5.74) is 2.67. The van der Waals surface area contributed by atoms with Crippen LogP contribution in [0.2, 0.25) is 0 Å². The fraction of sp³-hybridized carbons (Fsp3) is 0.533. The van der Waals surface area contributed by atoms with Crippen LogP contribution in [-0.2, 0) is 16.0 Å². The summed E-state index contributed by atoms with van der Waals surface area (Å²) in [7, 11) is 0. The van der Waals surface area contributed by atoms with Gasteiger partial charge >= 0.3 is 0 Å². The second-order valence-corrected chi connectivity index (χ2v) is 5.07. The van der Waals surface area contributed by atoms with E-state index in [9.17, 15) is 4.79 Å². The Bertz CT molecular complexity index is 458. The molecule has 0 spiro atoms. The Morgan fingerprint density at radius 2 is 2.22 bits per heavy atom. The van der Waals surface area contributed by atoms with Crippen LogP contribution >= 0.6 is 0 Å². The molecule has 1 aliphatic carbocycles. The van der Waals surface area contributed by atoms with Gasteiger partial charge in [-0.15, -0.1) is 0 Å². The zero-order valence-corrected chi connectivity index (χ0v) is 10.8. The summed E-state index contributed by atoms with van der Waals surface area (Å²) in [6.45, 7) is 3.06. The van der Waals surface area contributed by atoms with Crippen LogP contribution in [0.3, 0.4) is 0 Å². The van der Waals surface area contributed by atoms with Gasteiger partial charge in [-0.05, 0) is 37.3 Å².